The van der Waals surface area contributed by atoms with Crippen molar-refractivity contribution >= 4 is 69.5 Å². The lowest BCUT2D eigenvalue weighted by Gasteiger charge is -2.34. The van der Waals surface area contributed by atoms with Crippen LogP contribution in [0.3, 0.4) is 0 Å². The number of anilines is 1. The van der Waals surface area contributed by atoms with Crippen LogP contribution in [0.25, 0.3) is 21.1 Å². The standard InChI is InChI=1S/C64H91N11O22S2/c1-34-30-75-54(55(34)84)60(89)66-29-42(79)27-45(67-56(85)37-8-10-38(11-9-37)61-71-72-62(98-61)39-12-14-41(15-13-39)73-21-18-44(19-22-73)96-24-6-4-5-23-95-3)57(86)68-51(35(2)78)63(90)74-31-43(80)28-46(74)58(87)69-52(49(83)25-36-7-16-47(81)50(26-36)97-99(92,93)94)59(88)70-53(64(75)91)48(82)17-20-65-40(32-76)33-77/h7-16,26,34-35,40,42-46,48-49,51-55,65,76-84,92-94H,4-6,17-25,27-33H2,1-3H3,(H,66,89)(H,67,85)(H,68,86)(H,69,87)(H,70,88)/t34-,35+,42+,43+,45-,46-,48+,49+,51-,52-,53-,54-,55-/m0/s1. The summed E-state index contributed by atoms with van der Waals surface area (Å²) >= 11 is -3.43. The van der Waals surface area contributed by atoms with Crippen molar-refractivity contribution in [3.8, 4) is 32.6 Å². The lowest BCUT2D eigenvalue weighted by molar-refractivity contribution is -0.147. The van der Waals surface area contributed by atoms with E-state index in [0.717, 1.165) is 98.5 Å². The number of benzene rings is 3. The summed E-state index contributed by atoms with van der Waals surface area (Å²) in [6.07, 6.45) is -7.93. The fraction of sp³-hybridized carbons (Fsp3) is 0.578. The number of carbonyl (C=O) groups excluding carboxylic acids is 7. The van der Waals surface area contributed by atoms with E-state index >= 15 is 0 Å². The Morgan fingerprint density at radius 2 is 1.36 bits per heavy atom. The lowest BCUT2D eigenvalue weighted by Crippen LogP contribution is -2.64. The van der Waals surface area contributed by atoms with Crippen LogP contribution in [0.5, 0.6) is 11.5 Å². The molecule has 4 aliphatic heterocycles. The van der Waals surface area contributed by atoms with Crippen molar-refractivity contribution in [1.82, 2.24) is 51.9 Å². The minimum Gasteiger partial charge on any atom is -0.504 e. The summed E-state index contributed by atoms with van der Waals surface area (Å²) in [4.78, 5) is 106. The number of aliphatic hydroxyl groups excluding tert-OH is 8. The molecule has 33 nitrogen and oxygen atoms in total. The van der Waals surface area contributed by atoms with Gasteiger partial charge in [0, 0.05) is 101 Å². The first-order valence-corrected chi connectivity index (χ1v) is 35.0. The van der Waals surface area contributed by atoms with E-state index in [1.54, 1.807) is 19.2 Å². The van der Waals surface area contributed by atoms with Gasteiger partial charge in [-0.2, -0.15) is 0 Å². The molecule has 1 aromatic heterocycles. The van der Waals surface area contributed by atoms with Gasteiger partial charge in [-0.15, -0.1) is 10.2 Å². The molecule has 4 aliphatic rings. The zero-order chi connectivity index (χ0) is 71.8. The molecule has 0 saturated carbocycles. The summed E-state index contributed by atoms with van der Waals surface area (Å²) in [5.74, 6) is -10.5. The van der Waals surface area contributed by atoms with E-state index in [4.69, 9.17) is 9.47 Å². The molecule has 8 rings (SSSR count). The number of amides is 7. The zero-order valence-electron chi connectivity index (χ0n) is 54.9. The Balaban J connectivity index is 1.04. The fourth-order valence-corrected chi connectivity index (χ4v) is 13.5. The SMILES string of the molecule is COCCCCCOC1CCN(c2ccc(-c3nnc(-c4ccc(C(=O)N[C@H]5C[C@@H](O)CNC(=O)[C@@H]6[C@@H](O)[C@@H](C)CN6C(=O)[C@H]([C@H](O)CCNC(CO)CO)NC(=O)[C@H]([C@H](O)Cc6ccc(O)c(OS(O)(O)O)c6)NC(=O)[C@@H]6C[C@@H](O)CN6C(=O)[C@H]([C@@H](C)O)NC5=O)cc4)s3)cc2)CC1. The molecule has 4 aromatic rings. The first-order chi connectivity index (χ1) is 47.2. The number of phenolic OH excluding ortho intramolecular Hbond substituents is 1. The van der Waals surface area contributed by atoms with Gasteiger partial charge in [0.05, 0.1) is 62.0 Å². The highest BCUT2D eigenvalue weighted by Crippen LogP contribution is 2.41. The highest BCUT2D eigenvalue weighted by atomic mass is 32.3. The Kier molecular flexibility index (Phi) is 28.0. The fourth-order valence-electron chi connectivity index (χ4n) is 12.3. The van der Waals surface area contributed by atoms with Crippen molar-refractivity contribution in [1.29, 1.82) is 0 Å². The second-order valence-electron chi connectivity index (χ2n) is 25.3. The molecule has 0 bridgehead atoms. The van der Waals surface area contributed by atoms with E-state index in [0.29, 0.717) is 15.6 Å². The third-order valence-electron chi connectivity index (χ3n) is 17.8. The molecule has 7 amide bonds. The Morgan fingerprint density at radius 3 is 2.00 bits per heavy atom. The van der Waals surface area contributed by atoms with Crippen LogP contribution in [-0.4, -0.2) is 279 Å². The van der Waals surface area contributed by atoms with Crippen LogP contribution < -0.4 is 41.0 Å². The number of aliphatic hydroxyl groups is 8. The molecule has 5 heterocycles. The number of hydrogen-bond donors (Lipinski definition) is 18. The van der Waals surface area contributed by atoms with Crippen molar-refractivity contribution in [2.24, 2.45) is 5.92 Å². The van der Waals surface area contributed by atoms with Gasteiger partial charge in [-0.1, -0.05) is 36.5 Å². The normalized spacial score (nSPS) is 25.4. The molecule has 35 heteroatoms. The van der Waals surface area contributed by atoms with Crippen LogP contribution in [0.2, 0.25) is 0 Å². The van der Waals surface area contributed by atoms with E-state index in [1.165, 1.54) is 36.5 Å². The van der Waals surface area contributed by atoms with Gasteiger partial charge in [-0.05, 0) is 106 Å². The van der Waals surface area contributed by atoms with Crippen LogP contribution >= 0.6 is 22.5 Å². The summed E-state index contributed by atoms with van der Waals surface area (Å²) in [5, 5.41) is 124. The number of hydrogen-bond acceptors (Lipinski definition) is 27. The van der Waals surface area contributed by atoms with Gasteiger partial charge in [0.1, 0.15) is 46.3 Å². The lowest BCUT2D eigenvalue weighted by atomic mass is 9.98. The van der Waals surface area contributed by atoms with Gasteiger partial charge in [0.2, 0.25) is 35.4 Å². The van der Waals surface area contributed by atoms with Crippen molar-refractivity contribution in [2.75, 3.05) is 77.7 Å². The topological polar surface area (TPSA) is 498 Å². The molecule has 4 fully saturated rings. The van der Waals surface area contributed by atoms with Crippen molar-refractivity contribution in [3.63, 3.8) is 0 Å². The molecular formula is C64H91N11O22S2. The maximum Gasteiger partial charge on any atom is 0.266 e. The molecule has 4 saturated heterocycles. The zero-order valence-corrected chi connectivity index (χ0v) is 56.6. The Labute approximate surface area is 576 Å². The Hall–Kier alpha value is -7.30. The first-order valence-electron chi connectivity index (χ1n) is 32.7. The highest BCUT2D eigenvalue weighted by molar-refractivity contribution is 8.15. The summed E-state index contributed by atoms with van der Waals surface area (Å²) in [6.45, 7) is 2.73. The average molecular weight is 1430 g/mol. The summed E-state index contributed by atoms with van der Waals surface area (Å²) in [6, 6.07) is 4.60. The number of fused-ring (bicyclic) bond motifs is 2. The van der Waals surface area contributed by atoms with E-state index in [1.807, 2.05) is 24.3 Å². The monoisotopic (exact) mass is 1430 g/mol. The Bertz CT molecular complexity index is 3360. The van der Waals surface area contributed by atoms with Gasteiger partial charge in [-0.25, -0.2) is 0 Å². The van der Waals surface area contributed by atoms with E-state index < -0.39 is 201 Å². The van der Waals surface area contributed by atoms with Crippen LogP contribution in [0.4, 0.5) is 5.69 Å². The minimum atomic E-state index is -4.75. The molecule has 0 aliphatic carbocycles. The number of nitrogens with one attached hydrogen (secondary N) is 6. The number of carbonyl (C=O) groups is 7. The third kappa shape index (κ3) is 20.9. The maximum absolute atomic E-state index is 15.0. The van der Waals surface area contributed by atoms with Crippen LogP contribution in [0.15, 0.2) is 66.7 Å². The van der Waals surface area contributed by atoms with E-state index in [2.05, 4.69) is 51.2 Å². The van der Waals surface area contributed by atoms with Gasteiger partial charge in [0.15, 0.2) is 11.5 Å². The third-order valence-corrected chi connectivity index (χ3v) is 19.2. The maximum atomic E-state index is 15.0. The van der Waals surface area contributed by atoms with Crippen molar-refractivity contribution in [2.45, 2.75) is 157 Å². The quantitative estimate of drug-likeness (QED) is 0.0325. The molecule has 0 radical (unpaired) electrons. The number of piperidine rings is 1. The summed E-state index contributed by atoms with van der Waals surface area (Å²) in [7, 11) is 1.70. The second kappa shape index (κ2) is 35.8. The number of phenols is 1. The highest BCUT2D eigenvalue weighted by Gasteiger charge is 2.50. The van der Waals surface area contributed by atoms with Gasteiger partial charge in [0.25, 0.3) is 17.1 Å². The van der Waals surface area contributed by atoms with E-state index in [9.17, 15) is 93.2 Å². The van der Waals surface area contributed by atoms with Gasteiger partial charge < -0.3 is 106 Å². The number of aromatic nitrogens is 2. The van der Waals surface area contributed by atoms with Gasteiger partial charge >= 0.3 is 0 Å². The predicted octanol–water partition coefficient (Wildman–Crippen LogP) is -1.82. The van der Waals surface area contributed by atoms with Crippen LogP contribution in [-0.2, 0) is 44.7 Å². The van der Waals surface area contributed by atoms with Crippen molar-refractivity contribution in [3.05, 3.63) is 77.9 Å². The molecular weight excluding hydrogens is 1340 g/mol. The number of unbranched alkanes of at least 4 members (excludes halogenated alkanes) is 2. The largest absolute Gasteiger partial charge is 0.504 e. The first kappa shape index (κ1) is 77.4. The summed E-state index contributed by atoms with van der Waals surface area (Å²) in [5.41, 5.74) is 2.43. The Morgan fingerprint density at radius 1 is 0.737 bits per heavy atom. The minimum absolute atomic E-state index is 0.00204. The molecule has 18 N–H and O–H groups in total. The number of aromatic hydroxyl groups is 1. The summed E-state index contributed by atoms with van der Waals surface area (Å²) < 4.78 is 44.7. The molecule has 13 atom stereocenters. The number of β-amino-alcohol motifs (C(OH)–C–C–N with tert-alkyl or cyclic N) is 1. The van der Waals surface area contributed by atoms with Gasteiger partial charge in [-0.3, -0.25) is 47.2 Å². The van der Waals surface area contributed by atoms with Crippen LogP contribution in [0.1, 0.15) is 81.1 Å². The predicted molar refractivity (Wildman–Crippen MR) is 357 cm³/mol. The number of nitrogens with zero attached hydrogens (tertiary/aromatic N) is 5. The number of methoxy groups -OCH3 is 1. The number of rotatable bonds is 25. The molecule has 0 spiro atoms. The van der Waals surface area contributed by atoms with E-state index in [-0.39, 0.29) is 30.3 Å². The number of ether oxygens (including phenoxy) is 2. The molecule has 3 aromatic carbocycles. The van der Waals surface area contributed by atoms with Crippen molar-refractivity contribution < 1.29 is 107 Å². The molecule has 0 unspecified atom stereocenters. The second-order valence-corrected chi connectivity index (χ2v) is 27.4. The average Bonchev–Trinajstić information content (AvgIpc) is 1.69. The smallest absolute Gasteiger partial charge is 0.266 e. The molecule has 99 heavy (non-hydrogen) atoms. The van der Waals surface area contributed by atoms with Crippen LogP contribution in [0, 0.1) is 5.92 Å². The molecule has 546 valence electrons.